The van der Waals surface area contributed by atoms with Gasteiger partial charge in [-0.15, -0.1) is 0 Å². The fourth-order valence-electron chi connectivity index (χ4n) is 2.35. The third kappa shape index (κ3) is 3.80. The molecule has 0 saturated carbocycles. The molecule has 0 bridgehead atoms. The normalized spacial score (nSPS) is 11.1. The Morgan fingerprint density at radius 3 is 3.04 bits per heavy atom. The van der Waals surface area contributed by atoms with Crippen molar-refractivity contribution >= 4 is 39.1 Å². The maximum Gasteiger partial charge on any atom is 0.260 e. The summed E-state index contributed by atoms with van der Waals surface area (Å²) in [4.78, 5) is 16.3. The number of hydrazone groups is 1. The second kappa shape index (κ2) is 7.35. The van der Waals surface area contributed by atoms with Gasteiger partial charge in [0.15, 0.2) is 11.5 Å². The number of amides is 1. The highest BCUT2D eigenvalue weighted by atomic mass is 79.9. The van der Waals surface area contributed by atoms with E-state index in [2.05, 4.69) is 31.4 Å². The number of fused-ring (bicyclic) bond motifs is 1. The van der Waals surface area contributed by atoms with Gasteiger partial charge in [0.05, 0.1) is 30.7 Å². The zero-order valence-corrected chi connectivity index (χ0v) is 14.9. The Bertz CT molecular complexity index is 952. The predicted octanol–water partition coefficient (Wildman–Crippen LogP) is 2.66. The van der Waals surface area contributed by atoms with Gasteiger partial charge in [-0.2, -0.15) is 5.10 Å². The molecule has 0 atom stereocenters. The SMILES string of the molecule is COc1cc(Br)cc(/C=N/NC(=O)Cn2cnc3ccccc32)c1O. The number of methoxy groups -OCH3 is 1. The first kappa shape index (κ1) is 17.0. The molecule has 2 N–H and O–H groups in total. The maximum absolute atomic E-state index is 12.0. The van der Waals surface area contributed by atoms with Crippen molar-refractivity contribution in [2.75, 3.05) is 7.11 Å². The Labute approximate surface area is 152 Å². The van der Waals surface area contributed by atoms with Gasteiger partial charge in [-0.25, -0.2) is 10.4 Å². The van der Waals surface area contributed by atoms with E-state index < -0.39 is 0 Å². The number of para-hydroxylation sites is 2. The van der Waals surface area contributed by atoms with Crippen molar-refractivity contribution in [3.05, 3.63) is 52.8 Å². The van der Waals surface area contributed by atoms with E-state index in [1.54, 1.807) is 23.0 Å². The Morgan fingerprint density at radius 2 is 2.24 bits per heavy atom. The molecule has 1 heterocycles. The molecule has 0 spiro atoms. The van der Waals surface area contributed by atoms with Crippen LogP contribution < -0.4 is 10.2 Å². The summed E-state index contributed by atoms with van der Waals surface area (Å²) in [6.45, 7) is 0.0889. The number of benzene rings is 2. The number of ether oxygens (including phenoxy) is 1. The van der Waals surface area contributed by atoms with E-state index in [0.717, 1.165) is 15.5 Å². The van der Waals surface area contributed by atoms with Crippen LogP contribution in [0.3, 0.4) is 0 Å². The highest BCUT2D eigenvalue weighted by Crippen LogP contribution is 2.32. The molecule has 3 aromatic rings. The van der Waals surface area contributed by atoms with Crippen LogP contribution >= 0.6 is 15.9 Å². The predicted molar refractivity (Wildman–Crippen MR) is 97.8 cm³/mol. The van der Waals surface area contributed by atoms with E-state index in [4.69, 9.17) is 4.74 Å². The lowest BCUT2D eigenvalue weighted by Crippen LogP contribution is -2.22. The van der Waals surface area contributed by atoms with Crippen LogP contribution in [0.5, 0.6) is 11.5 Å². The van der Waals surface area contributed by atoms with Gasteiger partial charge < -0.3 is 14.4 Å². The summed E-state index contributed by atoms with van der Waals surface area (Å²) in [7, 11) is 1.46. The van der Waals surface area contributed by atoms with E-state index >= 15 is 0 Å². The summed E-state index contributed by atoms with van der Waals surface area (Å²) in [5, 5.41) is 13.9. The highest BCUT2D eigenvalue weighted by molar-refractivity contribution is 9.10. The Kier molecular flexibility index (Phi) is 4.99. The molecule has 0 aliphatic carbocycles. The summed E-state index contributed by atoms with van der Waals surface area (Å²) < 4.78 is 7.52. The van der Waals surface area contributed by atoms with Gasteiger partial charge in [-0.1, -0.05) is 28.1 Å². The number of carbonyl (C=O) groups is 1. The number of imidazole rings is 1. The Hall–Kier alpha value is -2.87. The molecule has 1 aromatic heterocycles. The molecule has 0 radical (unpaired) electrons. The first-order chi connectivity index (χ1) is 12.1. The molecule has 0 fully saturated rings. The fourth-order valence-corrected chi connectivity index (χ4v) is 2.80. The van der Waals surface area contributed by atoms with Crippen molar-refractivity contribution in [1.29, 1.82) is 0 Å². The zero-order chi connectivity index (χ0) is 17.8. The molecule has 7 nitrogen and oxygen atoms in total. The minimum atomic E-state index is -0.305. The zero-order valence-electron chi connectivity index (χ0n) is 13.3. The summed E-state index contributed by atoms with van der Waals surface area (Å²) in [5.41, 5.74) is 4.54. The minimum absolute atomic E-state index is 0.0516. The number of carbonyl (C=O) groups excluding carboxylic acids is 1. The van der Waals surface area contributed by atoms with Crippen LogP contribution in [-0.2, 0) is 11.3 Å². The van der Waals surface area contributed by atoms with Crippen LogP contribution in [-0.4, -0.2) is 33.9 Å². The second-order valence-corrected chi connectivity index (χ2v) is 6.12. The van der Waals surface area contributed by atoms with Crippen LogP contribution in [0, 0.1) is 0 Å². The number of nitrogens with one attached hydrogen (secondary N) is 1. The van der Waals surface area contributed by atoms with Crippen LogP contribution in [0.25, 0.3) is 11.0 Å². The number of halogens is 1. The monoisotopic (exact) mass is 402 g/mol. The summed E-state index contributed by atoms with van der Waals surface area (Å²) >= 11 is 3.32. The number of phenolic OH excluding ortho intramolecular Hbond substituents is 1. The standard InChI is InChI=1S/C17H15BrN4O3/c1-25-15-7-12(18)6-11(17(15)24)8-20-21-16(23)9-22-10-19-13-4-2-3-5-14(13)22/h2-8,10,24H,9H2,1H3,(H,21,23)/b20-8+. The summed E-state index contributed by atoms with van der Waals surface area (Å²) in [5.74, 6) is -0.0443. The van der Waals surface area contributed by atoms with Crippen molar-refractivity contribution in [1.82, 2.24) is 15.0 Å². The van der Waals surface area contributed by atoms with Crippen molar-refractivity contribution in [3.8, 4) is 11.5 Å². The molecule has 0 aliphatic rings. The van der Waals surface area contributed by atoms with E-state index in [0.29, 0.717) is 11.3 Å². The number of hydrogen-bond acceptors (Lipinski definition) is 5. The number of aromatic hydroxyl groups is 1. The molecule has 1 amide bonds. The molecule has 25 heavy (non-hydrogen) atoms. The van der Waals surface area contributed by atoms with Crippen LogP contribution in [0.2, 0.25) is 0 Å². The van der Waals surface area contributed by atoms with Gasteiger partial charge >= 0.3 is 0 Å². The molecule has 0 unspecified atom stereocenters. The first-order valence-electron chi connectivity index (χ1n) is 7.37. The molecule has 0 aliphatic heterocycles. The Morgan fingerprint density at radius 1 is 1.44 bits per heavy atom. The molecular weight excluding hydrogens is 388 g/mol. The van der Waals surface area contributed by atoms with E-state index in [9.17, 15) is 9.90 Å². The lowest BCUT2D eigenvalue weighted by atomic mass is 10.2. The largest absolute Gasteiger partial charge is 0.504 e. The van der Waals surface area contributed by atoms with E-state index in [1.165, 1.54) is 13.3 Å². The molecule has 0 saturated heterocycles. The van der Waals surface area contributed by atoms with E-state index in [1.807, 2.05) is 24.3 Å². The van der Waals surface area contributed by atoms with Gasteiger partial charge in [0.1, 0.15) is 6.54 Å². The highest BCUT2D eigenvalue weighted by Gasteiger charge is 2.09. The third-order valence-electron chi connectivity index (χ3n) is 3.52. The second-order valence-electron chi connectivity index (χ2n) is 5.20. The molecule has 2 aromatic carbocycles. The number of aromatic nitrogens is 2. The number of hydrogen-bond donors (Lipinski definition) is 2. The van der Waals surface area contributed by atoms with Crippen molar-refractivity contribution in [2.45, 2.75) is 6.54 Å². The number of nitrogens with zero attached hydrogens (tertiary/aromatic N) is 3. The number of phenols is 1. The van der Waals surface area contributed by atoms with Crippen LogP contribution in [0.15, 0.2) is 52.3 Å². The van der Waals surface area contributed by atoms with Gasteiger partial charge in [0, 0.05) is 10.0 Å². The van der Waals surface area contributed by atoms with Gasteiger partial charge in [-0.3, -0.25) is 4.79 Å². The third-order valence-corrected chi connectivity index (χ3v) is 3.98. The molecular formula is C17H15BrN4O3. The average molecular weight is 403 g/mol. The maximum atomic E-state index is 12.0. The average Bonchev–Trinajstić information content (AvgIpc) is 3.00. The van der Waals surface area contributed by atoms with E-state index in [-0.39, 0.29) is 18.2 Å². The fraction of sp³-hybridized carbons (Fsp3) is 0.118. The lowest BCUT2D eigenvalue weighted by Gasteiger charge is -2.07. The van der Waals surface area contributed by atoms with Gasteiger partial charge in [0.2, 0.25) is 0 Å². The molecule has 8 heteroatoms. The quantitative estimate of drug-likeness (QED) is 0.507. The lowest BCUT2D eigenvalue weighted by molar-refractivity contribution is -0.121. The summed E-state index contributed by atoms with van der Waals surface area (Å²) in [6.07, 6.45) is 2.96. The molecule has 128 valence electrons. The van der Waals surface area contributed by atoms with Crippen molar-refractivity contribution < 1.29 is 14.6 Å². The summed E-state index contributed by atoms with van der Waals surface area (Å²) in [6, 6.07) is 10.9. The first-order valence-corrected chi connectivity index (χ1v) is 8.16. The topological polar surface area (TPSA) is 88.7 Å². The Balaban J connectivity index is 1.68. The van der Waals surface area contributed by atoms with Crippen LogP contribution in [0.1, 0.15) is 5.56 Å². The van der Waals surface area contributed by atoms with Crippen molar-refractivity contribution in [3.63, 3.8) is 0 Å². The van der Waals surface area contributed by atoms with Crippen LogP contribution in [0.4, 0.5) is 0 Å². The van der Waals surface area contributed by atoms with Crippen molar-refractivity contribution in [2.24, 2.45) is 5.10 Å². The van der Waals surface area contributed by atoms with Gasteiger partial charge in [-0.05, 0) is 24.3 Å². The minimum Gasteiger partial charge on any atom is -0.504 e. The molecule has 3 rings (SSSR count). The smallest absolute Gasteiger partial charge is 0.260 e. The number of rotatable bonds is 5. The van der Waals surface area contributed by atoms with Gasteiger partial charge in [0.25, 0.3) is 5.91 Å².